The van der Waals surface area contributed by atoms with Crippen LogP contribution in [0.25, 0.3) is 0 Å². The molecule has 1 aliphatic heterocycles. The van der Waals surface area contributed by atoms with E-state index in [9.17, 15) is 33.6 Å². The van der Waals surface area contributed by atoms with Crippen LogP contribution in [0.2, 0.25) is 0 Å². The maximum absolute atomic E-state index is 13.6. The minimum atomic E-state index is -0.797. The maximum atomic E-state index is 13.6. The molecule has 0 bridgehead atoms. The first-order valence-electron chi connectivity index (χ1n) is 29.4. The first kappa shape index (κ1) is 69.0. The summed E-state index contributed by atoms with van der Waals surface area (Å²) in [6.07, 6.45) is 23.6. The monoisotopic (exact) mass is 1070 g/mol. The molecule has 436 valence electrons. The highest BCUT2D eigenvalue weighted by atomic mass is 16.6. The third kappa shape index (κ3) is 39.1. The predicted octanol–water partition coefficient (Wildman–Crippen LogP) is 11.4. The van der Waals surface area contributed by atoms with E-state index in [1.165, 1.54) is 4.90 Å². The summed E-state index contributed by atoms with van der Waals surface area (Å²) in [6.45, 7) is 9.42. The highest BCUT2D eigenvalue weighted by molar-refractivity contribution is 5.73. The van der Waals surface area contributed by atoms with Gasteiger partial charge in [0.1, 0.15) is 19.3 Å². The van der Waals surface area contributed by atoms with Gasteiger partial charge < -0.3 is 42.8 Å². The van der Waals surface area contributed by atoms with E-state index in [1.807, 2.05) is 11.9 Å². The van der Waals surface area contributed by atoms with Crippen molar-refractivity contribution in [2.45, 2.75) is 239 Å². The molecule has 0 saturated carbocycles. The average molecular weight is 1070 g/mol. The van der Waals surface area contributed by atoms with E-state index in [0.29, 0.717) is 45.4 Å². The van der Waals surface area contributed by atoms with E-state index < -0.39 is 42.0 Å². The normalized spacial score (nSPS) is 14.3. The van der Waals surface area contributed by atoms with Crippen molar-refractivity contribution in [3.8, 4) is 0 Å². The second-order valence-electron chi connectivity index (χ2n) is 20.7. The molecule has 1 aliphatic rings. The summed E-state index contributed by atoms with van der Waals surface area (Å²) in [7, 11) is 3.48. The zero-order chi connectivity index (χ0) is 55.2. The van der Waals surface area contributed by atoms with Gasteiger partial charge in [-0.1, -0.05) is 156 Å². The van der Waals surface area contributed by atoms with Gasteiger partial charge in [0.05, 0.1) is 58.5 Å². The molecule has 0 radical (unpaired) electrons. The number of carbonyl (C=O) groups excluding carboxylic acids is 7. The standard InChI is InChI=1S/C58H104N2O15/c1-7-11-15-19-23-27-31-52(61)70-43-48(44-71-53(62)32-28-24-20-16-12-8-2)39-56(65)74-47-50-41-51(42-60(50)58(67)69-38-36-59(5)35-37-68-6)75-57(66)40-49(45-72-54(63)33-29-25-21-17-13-9-3)46-73-55(64)34-30-26-22-18-14-10-4/h48-51H,7-47H2,1-6H3/t50-,51+/m0/s1. The second-order valence-corrected chi connectivity index (χ2v) is 20.7. The Labute approximate surface area is 452 Å². The number of amides is 1. The third-order valence-corrected chi connectivity index (χ3v) is 13.5. The number of rotatable bonds is 49. The maximum Gasteiger partial charge on any atom is 0.410 e. The summed E-state index contributed by atoms with van der Waals surface area (Å²) in [6, 6.07) is -0.726. The number of likely N-dealkylation sites (tertiary alicyclic amines) is 1. The van der Waals surface area contributed by atoms with Gasteiger partial charge in [0.15, 0.2) is 0 Å². The zero-order valence-corrected chi connectivity index (χ0v) is 47.8. The van der Waals surface area contributed by atoms with Gasteiger partial charge in [-0.3, -0.25) is 33.7 Å². The largest absolute Gasteiger partial charge is 0.465 e. The molecule has 0 unspecified atom stereocenters. The number of esters is 6. The van der Waals surface area contributed by atoms with Crippen molar-refractivity contribution in [1.29, 1.82) is 0 Å². The average Bonchev–Trinajstić information content (AvgIpc) is 3.80. The van der Waals surface area contributed by atoms with Crippen molar-refractivity contribution in [1.82, 2.24) is 9.80 Å². The van der Waals surface area contributed by atoms with Crippen molar-refractivity contribution in [2.24, 2.45) is 11.8 Å². The fourth-order valence-electron chi connectivity index (χ4n) is 8.69. The van der Waals surface area contributed by atoms with Crippen LogP contribution in [0.5, 0.6) is 0 Å². The van der Waals surface area contributed by atoms with Gasteiger partial charge in [0.25, 0.3) is 0 Å². The molecule has 2 atom stereocenters. The van der Waals surface area contributed by atoms with Crippen LogP contribution < -0.4 is 0 Å². The minimum absolute atomic E-state index is 0.0385. The van der Waals surface area contributed by atoms with E-state index >= 15 is 0 Å². The van der Waals surface area contributed by atoms with Gasteiger partial charge in [-0.05, 0) is 32.7 Å². The van der Waals surface area contributed by atoms with Crippen LogP contribution in [-0.4, -0.2) is 144 Å². The number of likely N-dealkylation sites (N-methyl/N-ethyl adjacent to an activating group) is 1. The summed E-state index contributed by atoms with van der Waals surface area (Å²) in [5.41, 5.74) is 0. The Bertz CT molecular complexity index is 1450. The van der Waals surface area contributed by atoms with Gasteiger partial charge in [-0.2, -0.15) is 0 Å². The first-order valence-corrected chi connectivity index (χ1v) is 29.4. The number of carbonyl (C=O) groups is 7. The number of methoxy groups -OCH3 is 1. The van der Waals surface area contributed by atoms with Crippen LogP contribution in [0.15, 0.2) is 0 Å². The number of nitrogens with zero attached hydrogens (tertiary/aromatic N) is 2. The number of ether oxygens (including phenoxy) is 8. The molecule has 0 aromatic heterocycles. The number of hydrogen-bond acceptors (Lipinski definition) is 16. The van der Waals surface area contributed by atoms with Crippen LogP contribution in [-0.2, 0) is 66.7 Å². The Morgan fingerprint density at radius 1 is 0.453 bits per heavy atom. The van der Waals surface area contributed by atoms with Crippen LogP contribution >= 0.6 is 0 Å². The lowest BCUT2D eigenvalue weighted by atomic mass is 10.1. The molecule has 75 heavy (non-hydrogen) atoms. The van der Waals surface area contributed by atoms with Crippen LogP contribution in [0.4, 0.5) is 4.79 Å². The smallest absolute Gasteiger partial charge is 0.410 e. The molecule has 0 aromatic rings. The van der Waals surface area contributed by atoms with E-state index in [0.717, 1.165) is 128 Å². The molecule has 1 heterocycles. The summed E-state index contributed by atoms with van der Waals surface area (Å²) >= 11 is 0. The Kier molecular flexibility index (Phi) is 43.5. The zero-order valence-electron chi connectivity index (χ0n) is 47.8. The fourth-order valence-corrected chi connectivity index (χ4v) is 8.69. The molecule has 1 amide bonds. The Morgan fingerprint density at radius 3 is 1.20 bits per heavy atom. The minimum Gasteiger partial charge on any atom is -0.465 e. The van der Waals surface area contributed by atoms with E-state index in [-0.39, 0.29) is 115 Å². The lowest BCUT2D eigenvalue weighted by Gasteiger charge is -2.24. The second kappa shape index (κ2) is 47.2. The van der Waals surface area contributed by atoms with Crippen LogP contribution in [0.3, 0.4) is 0 Å². The van der Waals surface area contributed by atoms with Crippen molar-refractivity contribution in [2.75, 3.05) is 80.0 Å². The molecule has 0 aliphatic carbocycles. The molecule has 1 saturated heterocycles. The van der Waals surface area contributed by atoms with Crippen molar-refractivity contribution >= 4 is 41.9 Å². The SMILES string of the molecule is CCCCCCCCC(=O)OCC(COC(=O)CCCCCCCC)CC(=O)OC[C@@H]1C[C@@H](OC(=O)CC(COC(=O)CCCCCCCC)COC(=O)CCCCCCCC)CN1C(=O)OCCN(C)CCOC. The Balaban J connectivity index is 3.08. The van der Waals surface area contributed by atoms with Crippen molar-refractivity contribution in [3.63, 3.8) is 0 Å². The van der Waals surface area contributed by atoms with E-state index in [4.69, 9.17) is 37.9 Å². The lowest BCUT2D eigenvalue weighted by Crippen LogP contribution is -2.40. The van der Waals surface area contributed by atoms with Crippen molar-refractivity contribution in [3.05, 3.63) is 0 Å². The predicted molar refractivity (Wildman–Crippen MR) is 289 cm³/mol. The summed E-state index contributed by atoms with van der Waals surface area (Å²) in [5.74, 6) is -4.12. The molecular weight excluding hydrogens is 965 g/mol. The Morgan fingerprint density at radius 2 is 0.813 bits per heavy atom. The van der Waals surface area contributed by atoms with Crippen LogP contribution in [0, 0.1) is 11.8 Å². The Hall–Kier alpha value is -3.99. The molecule has 17 heteroatoms. The topological polar surface area (TPSA) is 200 Å². The lowest BCUT2D eigenvalue weighted by molar-refractivity contribution is -0.157. The van der Waals surface area contributed by atoms with Gasteiger partial charge in [0, 0.05) is 64.1 Å². The third-order valence-electron chi connectivity index (χ3n) is 13.5. The highest BCUT2D eigenvalue weighted by Gasteiger charge is 2.39. The summed E-state index contributed by atoms with van der Waals surface area (Å²) in [4.78, 5) is 95.0. The molecule has 1 fully saturated rings. The number of unbranched alkanes of at least 4 members (excludes halogenated alkanes) is 20. The van der Waals surface area contributed by atoms with E-state index in [1.54, 1.807) is 7.11 Å². The van der Waals surface area contributed by atoms with Crippen molar-refractivity contribution < 1.29 is 71.5 Å². The number of hydrogen-bond donors (Lipinski definition) is 0. The molecule has 1 rings (SSSR count). The van der Waals surface area contributed by atoms with Gasteiger partial charge in [0.2, 0.25) is 0 Å². The molecule has 0 aromatic carbocycles. The van der Waals surface area contributed by atoms with Gasteiger partial charge in [-0.25, -0.2) is 4.79 Å². The van der Waals surface area contributed by atoms with E-state index in [2.05, 4.69) is 27.7 Å². The molecular formula is C58H104N2O15. The molecule has 0 N–H and O–H groups in total. The molecule has 17 nitrogen and oxygen atoms in total. The highest BCUT2D eigenvalue weighted by Crippen LogP contribution is 2.24. The first-order chi connectivity index (χ1) is 36.3. The fraction of sp³-hybridized carbons (Fsp3) is 0.879. The quantitative estimate of drug-likeness (QED) is 0.0316. The van der Waals surface area contributed by atoms with Crippen LogP contribution in [0.1, 0.15) is 227 Å². The van der Waals surface area contributed by atoms with Gasteiger partial charge in [-0.15, -0.1) is 0 Å². The molecule has 0 spiro atoms. The van der Waals surface area contributed by atoms with Gasteiger partial charge >= 0.3 is 41.9 Å². The summed E-state index contributed by atoms with van der Waals surface area (Å²) < 4.78 is 44.8. The summed E-state index contributed by atoms with van der Waals surface area (Å²) in [5, 5.41) is 0.